The smallest absolute Gasteiger partial charge is 0.394 e. The molecule has 9 heteroatoms. The van der Waals surface area contributed by atoms with Crippen molar-refractivity contribution in [3.8, 4) is 5.97 Å². The molecule has 3 N–H and O–H groups in total. The summed E-state index contributed by atoms with van der Waals surface area (Å²) in [7, 11) is 1.26. The molecule has 1 aliphatic heterocycles. The van der Waals surface area contributed by atoms with Gasteiger partial charge in [-0.05, 0) is 12.8 Å². The Hall–Kier alpha value is -2.18. The minimum absolute atomic E-state index is 0.00975. The number of nitrogen functional groups attached to an aromatic ring is 1. The molecule has 0 saturated carbocycles. The summed E-state index contributed by atoms with van der Waals surface area (Å²) in [5.41, 5.74) is 7.08. The molecular weight excluding hydrogens is 259 g/mol. The number of hydrogen-bond acceptors (Lipinski definition) is 6. The van der Waals surface area contributed by atoms with Crippen LogP contribution in [-0.4, -0.2) is 39.8 Å². The van der Waals surface area contributed by atoms with Crippen molar-refractivity contribution in [2.24, 2.45) is 0 Å². The first kappa shape index (κ1) is 12.8. The number of nitrogens with two attached hydrogens (primary N) is 1. The predicted molar refractivity (Wildman–Crippen MR) is 69.1 cm³/mol. The van der Waals surface area contributed by atoms with Gasteiger partial charge in [-0.3, -0.25) is 9.05 Å². The van der Waals surface area contributed by atoms with Crippen molar-refractivity contribution >= 4 is 24.4 Å². The zero-order valence-corrected chi connectivity index (χ0v) is 10.7. The Morgan fingerprint density at radius 3 is 3.15 bits per heavy atom. The summed E-state index contributed by atoms with van der Waals surface area (Å²) in [5, 5.41) is 17.8. The van der Waals surface area contributed by atoms with Crippen molar-refractivity contribution in [3.05, 3.63) is 12.7 Å². The Bertz CT molecular complexity index is 681. The van der Waals surface area contributed by atoms with Gasteiger partial charge in [0.25, 0.3) is 0 Å². The van der Waals surface area contributed by atoms with Gasteiger partial charge in [-0.15, -0.1) is 0 Å². The number of hydrogen-bond donors (Lipinski definition) is 2. The zero-order chi connectivity index (χ0) is 14.1. The number of nitrogens with zero attached hydrogens (tertiary/aromatic N) is 5. The highest BCUT2D eigenvalue weighted by Gasteiger charge is 2.29. The van der Waals surface area contributed by atoms with Crippen LogP contribution in [0.15, 0.2) is 12.7 Å². The van der Waals surface area contributed by atoms with Gasteiger partial charge in [0.15, 0.2) is 5.52 Å². The Labute approximate surface area is 115 Å². The molecule has 2 aromatic heterocycles. The van der Waals surface area contributed by atoms with E-state index in [1.165, 1.54) is 18.2 Å². The number of aliphatic hydroxyl groups excluding tert-OH is 1. The summed E-state index contributed by atoms with van der Waals surface area (Å²) in [6, 6.07) is 0. The molecule has 1 radical (unpaired) electrons. The Morgan fingerprint density at radius 1 is 1.60 bits per heavy atom. The molecule has 20 heavy (non-hydrogen) atoms. The van der Waals surface area contributed by atoms with Crippen LogP contribution in [-0.2, 0) is 4.74 Å². The van der Waals surface area contributed by atoms with Gasteiger partial charge in [-0.2, -0.15) is 0 Å². The van der Waals surface area contributed by atoms with Gasteiger partial charge in [-0.25, -0.2) is 10.2 Å². The van der Waals surface area contributed by atoms with E-state index in [9.17, 15) is 0 Å². The summed E-state index contributed by atoms with van der Waals surface area (Å²) in [6.45, 7) is 0.00975. The fourth-order valence-electron chi connectivity index (χ4n) is 2.37. The molecule has 0 unspecified atom stereocenters. The van der Waals surface area contributed by atoms with E-state index < -0.39 is 0 Å². The van der Waals surface area contributed by atoms with Crippen LogP contribution in [0.2, 0.25) is 0 Å². The average molecular weight is 272 g/mol. The average Bonchev–Trinajstić information content (AvgIpc) is 3.08. The fraction of sp³-hybridized carbons (Fsp3) is 0.455. The molecule has 3 heterocycles. The topological polar surface area (TPSA) is 114 Å². The maximum absolute atomic E-state index is 9.11. The van der Waals surface area contributed by atoms with E-state index in [-0.39, 0.29) is 18.9 Å². The number of fused-ring (bicyclic) bond motifs is 1. The number of anilines is 1. The zero-order valence-electron chi connectivity index (χ0n) is 10.7. The van der Waals surface area contributed by atoms with Gasteiger partial charge in [0.05, 0.1) is 18.7 Å². The van der Waals surface area contributed by atoms with Crippen LogP contribution in [0.3, 0.4) is 0 Å². The molecule has 0 aromatic carbocycles. The lowest BCUT2D eigenvalue weighted by Gasteiger charge is -2.12. The van der Waals surface area contributed by atoms with E-state index in [0.29, 0.717) is 17.0 Å². The van der Waals surface area contributed by atoms with E-state index in [1.807, 2.05) is 5.97 Å². The highest BCUT2D eigenvalue weighted by molar-refractivity contribution is 6.35. The highest BCUT2D eigenvalue weighted by atomic mass is 16.5. The molecular formula is C11H13BN6O2+. The highest BCUT2D eigenvalue weighted by Crippen LogP contribution is 2.30. The summed E-state index contributed by atoms with van der Waals surface area (Å²) in [6.07, 6.45) is 4.34. The number of rotatable bonds is 3. The molecule has 1 saturated heterocycles. The lowest BCUT2D eigenvalue weighted by atomic mass is 9.98. The third-order valence-electron chi connectivity index (χ3n) is 3.39. The quantitative estimate of drug-likeness (QED) is 0.687. The Morgan fingerprint density at radius 2 is 2.45 bits per heavy atom. The second-order valence-corrected chi connectivity index (χ2v) is 4.59. The van der Waals surface area contributed by atoms with Crippen molar-refractivity contribution in [1.29, 1.82) is 5.26 Å². The van der Waals surface area contributed by atoms with Crippen molar-refractivity contribution in [2.45, 2.75) is 25.2 Å². The van der Waals surface area contributed by atoms with Crippen molar-refractivity contribution in [2.75, 3.05) is 12.3 Å². The van der Waals surface area contributed by atoms with Gasteiger partial charge in [0.2, 0.25) is 17.8 Å². The Balaban J connectivity index is 1.99. The second-order valence-electron chi connectivity index (χ2n) is 4.59. The van der Waals surface area contributed by atoms with Crippen LogP contribution in [0.4, 0.5) is 5.82 Å². The predicted octanol–water partition coefficient (Wildman–Crippen LogP) is -1.08. The van der Waals surface area contributed by atoms with Crippen molar-refractivity contribution in [1.82, 2.24) is 14.5 Å². The van der Waals surface area contributed by atoms with Crippen LogP contribution in [0.25, 0.3) is 11.2 Å². The third-order valence-corrected chi connectivity index (χ3v) is 3.39. The van der Waals surface area contributed by atoms with E-state index in [1.54, 1.807) is 10.9 Å². The van der Waals surface area contributed by atoms with Crippen LogP contribution in [0.5, 0.6) is 0 Å². The van der Waals surface area contributed by atoms with Gasteiger partial charge in [0, 0.05) is 0 Å². The molecule has 0 bridgehead atoms. The number of aromatic nitrogens is 4. The van der Waals surface area contributed by atoms with E-state index >= 15 is 0 Å². The van der Waals surface area contributed by atoms with Crippen molar-refractivity contribution in [3.63, 3.8) is 0 Å². The second kappa shape index (κ2) is 5.07. The van der Waals surface area contributed by atoms with Gasteiger partial charge < -0.3 is 15.6 Å². The maximum atomic E-state index is 9.11. The van der Waals surface area contributed by atoms with E-state index in [0.717, 1.165) is 12.8 Å². The molecule has 8 nitrogen and oxygen atoms in total. The van der Waals surface area contributed by atoms with E-state index in [4.69, 9.17) is 20.8 Å². The first-order chi connectivity index (χ1) is 9.74. The number of ether oxygens (including phenoxy) is 1. The van der Waals surface area contributed by atoms with Crippen LogP contribution >= 0.6 is 0 Å². The molecule has 101 valence electrons. The molecule has 1 aliphatic rings. The first-order valence-electron chi connectivity index (χ1n) is 6.26. The number of nitriles is 1. The Kier molecular flexibility index (Phi) is 3.26. The lowest BCUT2D eigenvalue weighted by molar-refractivity contribution is -0.513. The summed E-state index contributed by atoms with van der Waals surface area (Å²) < 4.78 is 8.93. The minimum atomic E-state index is -0.195. The monoisotopic (exact) mass is 272 g/mol. The molecule has 0 spiro atoms. The largest absolute Gasteiger partial charge is 0.485 e. The SMILES string of the molecule is N#C[B][n+]1cnc2c(ncn2[C@H]2CC[C@@H](CO)O2)c1N. The van der Waals surface area contributed by atoms with Crippen LogP contribution in [0, 0.1) is 11.2 Å². The number of imidazole rings is 1. The molecule has 3 rings (SSSR count). The van der Waals surface area contributed by atoms with Gasteiger partial charge >= 0.3 is 7.41 Å². The minimum Gasteiger partial charge on any atom is -0.394 e. The van der Waals surface area contributed by atoms with Crippen molar-refractivity contribution < 1.29 is 14.3 Å². The third kappa shape index (κ3) is 1.99. The lowest BCUT2D eigenvalue weighted by Crippen LogP contribution is -2.42. The molecule has 0 aliphatic carbocycles. The normalized spacial score (nSPS) is 22.0. The molecule has 2 aromatic rings. The van der Waals surface area contributed by atoms with E-state index in [2.05, 4.69) is 9.97 Å². The van der Waals surface area contributed by atoms with Gasteiger partial charge in [-0.1, -0.05) is 4.98 Å². The molecule has 2 atom stereocenters. The van der Waals surface area contributed by atoms with Crippen LogP contribution < -0.4 is 10.2 Å². The standard InChI is InChI=1S/C11H13BN6O2/c13-4-12-18-6-16-11-9(10(18)14)15-5-17(11)8-2-1-7(3-19)20-8/h5-8,19H,1-3H2,(H2,14,16)/q+1/t7-,8+/m0/s1. The summed E-state index contributed by atoms with van der Waals surface area (Å²) in [4.78, 5) is 8.51. The first-order valence-corrected chi connectivity index (χ1v) is 6.26. The van der Waals surface area contributed by atoms with Crippen LogP contribution in [0.1, 0.15) is 19.1 Å². The molecule has 1 fully saturated rings. The fourth-order valence-corrected chi connectivity index (χ4v) is 2.37. The summed E-state index contributed by atoms with van der Waals surface area (Å²) in [5.74, 6) is 2.25. The summed E-state index contributed by atoms with van der Waals surface area (Å²) >= 11 is 0. The maximum Gasteiger partial charge on any atom is 0.485 e. The molecule has 0 amide bonds. The number of aliphatic hydroxyl groups is 1. The van der Waals surface area contributed by atoms with Gasteiger partial charge in [0.1, 0.15) is 12.6 Å².